The Kier molecular flexibility index (Phi) is 3.74. The summed E-state index contributed by atoms with van der Waals surface area (Å²) in [5, 5.41) is 0. The van der Waals surface area contributed by atoms with Crippen LogP contribution in [0, 0.1) is 5.92 Å². The van der Waals surface area contributed by atoms with Gasteiger partial charge in [-0.25, -0.2) is 0 Å². The molecule has 0 aromatic carbocycles. The molecular formula is C11H23NO. The van der Waals surface area contributed by atoms with Crippen LogP contribution in [0.2, 0.25) is 0 Å². The van der Waals surface area contributed by atoms with E-state index in [0.29, 0.717) is 24.2 Å². The van der Waals surface area contributed by atoms with Crippen molar-refractivity contribution in [3.05, 3.63) is 0 Å². The van der Waals surface area contributed by atoms with Crippen molar-refractivity contribution >= 4 is 0 Å². The molecule has 78 valence electrons. The van der Waals surface area contributed by atoms with E-state index in [1.54, 1.807) is 0 Å². The van der Waals surface area contributed by atoms with Crippen LogP contribution in [0.25, 0.3) is 0 Å². The number of ether oxygens (including phenoxy) is 1. The van der Waals surface area contributed by atoms with Crippen LogP contribution in [0.4, 0.5) is 0 Å². The molecular weight excluding hydrogens is 162 g/mol. The zero-order chi connectivity index (χ0) is 10.0. The Morgan fingerprint density at radius 3 is 2.31 bits per heavy atom. The Labute approximate surface area is 82.3 Å². The van der Waals surface area contributed by atoms with Gasteiger partial charge in [0.05, 0.1) is 12.2 Å². The standard InChI is InChI=1S/C11H23NO/c1-8(2)11-7-10(12(4)5)6-9(3)13-11/h8-11H,6-7H2,1-5H3. The van der Waals surface area contributed by atoms with Crippen molar-refractivity contribution in [2.24, 2.45) is 5.92 Å². The summed E-state index contributed by atoms with van der Waals surface area (Å²) in [6.07, 6.45) is 3.25. The van der Waals surface area contributed by atoms with E-state index in [-0.39, 0.29) is 0 Å². The highest BCUT2D eigenvalue weighted by molar-refractivity contribution is 4.81. The summed E-state index contributed by atoms with van der Waals surface area (Å²) < 4.78 is 5.90. The fourth-order valence-corrected chi connectivity index (χ4v) is 2.01. The van der Waals surface area contributed by atoms with Gasteiger partial charge in [-0.15, -0.1) is 0 Å². The summed E-state index contributed by atoms with van der Waals surface area (Å²) in [7, 11) is 4.33. The first-order valence-electron chi connectivity index (χ1n) is 5.32. The van der Waals surface area contributed by atoms with Gasteiger partial charge < -0.3 is 9.64 Å². The molecule has 13 heavy (non-hydrogen) atoms. The molecule has 3 unspecified atom stereocenters. The number of hydrogen-bond acceptors (Lipinski definition) is 2. The highest BCUT2D eigenvalue weighted by Gasteiger charge is 2.29. The zero-order valence-electron chi connectivity index (χ0n) is 9.58. The molecule has 1 aliphatic rings. The van der Waals surface area contributed by atoms with Gasteiger partial charge in [-0.3, -0.25) is 0 Å². The topological polar surface area (TPSA) is 12.5 Å². The van der Waals surface area contributed by atoms with E-state index in [1.165, 1.54) is 12.8 Å². The zero-order valence-corrected chi connectivity index (χ0v) is 9.58. The normalized spacial score (nSPS) is 35.8. The lowest BCUT2D eigenvalue weighted by Crippen LogP contribution is -2.43. The van der Waals surface area contributed by atoms with Crippen LogP contribution >= 0.6 is 0 Å². The maximum Gasteiger partial charge on any atom is 0.0616 e. The highest BCUT2D eigenvalue weighted by Crippen LogP contribution is 2.26. The van der Waals surface area contributed by atoms with Crippen molar-refractivity contribution in [2.75, 3.05) is 14.1 Å². The van der Waals surface area contributed by atoms with E-state index in [0.717, 1.165) is 0 Å². The van der Waals surface area contributed by atoms with Gasteiger partial charge in [0, 0.05) is 6.04 Å². The fourth-order valence-electron chi connectivity index (χ4n) is 2.01. The second-order valence-electron chi connectivity index (χ2n) is 4.82. The van der Waals surface area contributed by atoms with Gasteiger partial charge in [-0.1, -0.05) is 13.8 Å². The minimum absolute atomic E-state index is 0.425. The molecule has 0 aromatic rings. The van der Waals surface area contributed by atoms with Crippen LogP contribution in [0.1, 0.15) is 33.6 Å². The van der Waals surface area contributed by atoms with E-state index < -0.39 is 0 Å². The average molecular weight is 185 g/mol. The monoisotopic (exact) mass is 185 g/mol. The quantitative estimate of drug-likeness (QED) is 0.653. The molecule has 0 spiro atoms. The molecule has 0 saturated carbocycles. The molecule has 1 fully saturated rings. The van der Waals surface area contributed by atoms with Gasteiger partial charge in [0.1, 0.15) is 0 Å². The molecule has 0 aromatic heterocycles. The maximum atomic E-state index is 5.90. The average Bonchev–Trinajstić information content (AvgIpc) is 2.03. The van der Waals surface area contributed by atoms with Gasteiger partial charge in [0.25, 0.3) is 0 Å². The van der Waals surface area contributed by atoms with Crippen LogP contribution in [0.15, 0.2) is 0 Å². The summed E-state index contributed by atoms with van der Waals surface area (Å²) in [4.78, 5) is 2.33. The Balaban J connectivity index is 2.52. The third-order valence-electron chi connectivity index (χ3n) is 2.99. The van der Waals surface area contributed by atoms with Crippen LogP contribution in [0.5, 0.6) is 0 Å². The van der Waals surface area contributed by atoms with E-state index in [4.69, 9.17) is 4.74 Å². The molecule has 2 nitrogen and oxygen atoms in total. The van der Waals surface area contributed by atoms with Gasteiger partial charge >= 0.3 is 0 Å². The largest absolute Gasteiger partial charge is 0.375 e. The predicted octanol–water partition coefficient (Wildman–Crippen LogP) is 2.14. The summed E-state index contributed by atoms with van der Waals surface area (Å²) in [6.45, 7) is 6.68. The Morgan fingerprint density at radius 2 is 1.85 bits per heavy atom. The molecule has 0 N–H and O–H groups in total. The van der Waals surface area contributed by atoms with Crippen LogP contribution in [-0.2, 0) is 4.74 Å². The van der Waals surface area contributed by atoms with Crippen molar-refractivity contribution in [2.45, 2.75) is 51.9 Å². The second kappa shape index (κ2) is 4.43. The van der Waals surface area contributed by atoms with Crippen molar-refractivity contribution < 1.29 is 4.74 Å². The molecule has 0 aliphatic carbocycles. The Morgan fingerprint density at radius 1 is 1.23 bits per heavy atom. The Bertz CT molecular complexity index is 140. The molecule has 0 amide bonds. The van der Waals surface area contributed by atoms with Gasteiger partial charge in [-0.05, 0) is 39.8 Å². The summed E-state index contributed by atoms with van der Waals surface area (Å²) in [5.41, 5.74) is 0. The second-order valence-corrected chi connectivity index (χ2v) is 4.82. The predicted molar refractivity (Wildman–Crippen MR) is 55.9 cm³/mol. The molecule has 1 aliphatic heterocycles. The molecule has 1 saturated heterocycles. The lowest BCUT2D eigenvalue weighted by molar-refractivity contribution is -0.0861. The first-order valence-corrected chi connectivity index (χ1v) is 5.32. The third-order valence-corrected chi connectivity index (χ3v) is 2.99. The maximum absolute atomic E-state index is 5.90. The van der Waals surface area contributed by atoms with E-state index in [1.807, 2.05) is 0 Å². The lowest BCUT2D eigenvalue weighted by Gasteiger charge is -2.38. The lowest BCUT2D eigenvalue weighted by atomic mass is 9.92. The van der Waals surface area contributed by atoms with E-state index in [2.05, 4.69) is 39.8 Å². The minimum Gasteiger partial charge on any atom is -0.375 e. The summed E-state index contributed by atoms with van der Waals surface area (Å²) in [5.74, 6) is 0.644. The summed E-state index contributed by atoms with van der Waals surface area (Å²) >= 11 is 0. The smallest absolute Gasteiger partial charge is 0.0616 e. The van der Waals surface area contributed by atoms with E-state index >= 15 is 0 Å². The number of rotatable bonds is 2. The SMILES string of the molecule is CC1CC(N(C)C)CC(C(C)C)O1. The molecule has 0 bridgehead atoms. The molecule has 3 atom stereocenters. The first-order chi connectivity index (χ1) is 6.00. The summed E-state index contributed by atoms with van der Waals surface area (Å²) in [6, 6.07) is 0.705. The first kappa shape index (κ1) is 11.0. The van der Waals surface area contributed by atoms with Crippen LogP contribution < -0.4 is 0 Å². The number of hydrogen-bond donors (Lipinski definition) is 0. The molecule has 0 radical (unpaired) electrons. The van der Waals surface area contributed by atoms with Crippen molar-refractivity contribution in [1.82, 2.24) is 4.90 Å². The van der Waals surface area contributed by atoms with Crippen LogP contribution in [-0.4, -0.2) is 37.2 Å². The highest BCUT2D eigenvalue weighted by atomic mass is 16.5. The van der Waals surface area contributed by atoms with Crippen LogP contribution in [0.3, 0.4) is 0 Å². The minimum atomic E-state index is 0.425. The van der Waals surface area contributed by atoms with Crippen molar-refractivity contribution in [3.63, 3.8) is 0 Å². The molecule has 1 heterocycles. The number of nitrogens with zero attached hydrogens (tertiary/aromatic N) is 1. The molecule has 1 rings (SSSR count). The fraction of sp³-hybridized carbons (Fsp3) is 1.00. The third kappa shape index (κ3) is 2.96. The molecule has 2 heteroatoms. The van der Waals surface area contributed by atoms with Gasteiger partial charge in [0.15, 0.2) is 0 Å². The van der Waals surface area contributed by atoms with Crippen molar-refractivity contribution in [3.8, 4) is 0 Å². The Hall–Kier alpha value is -0.0800. The van der Waals surface area contributed by atoms with Gasteiger partial charge in [0.2, 0.25) is 0 Å². The van der Waals surface area contributed by atoms with Crippen molar-refractivity contribution in [1.29, 1.82) is 0 Å². The van der Waals surface area contributed by atoms with Gasteiger partial charge in [-0.2, -0.15) is 0 Å². The van der Waals surface area contributed by atoms with E-state index in [9.17, 15) is 0 Å².